The lowest BCUT2D eigenvalue weighted by Gasteiger charge is -2.36. The van der Waals surface area contributed by atoms with E-state index in [4.69, 9.17) is 9.47 Å². The van der Waals surface area contributed by atoms with E-state index < -0.39 is 12.3 Å². The number of carbonyl (C=O) groups excluding carboxylic acids is 2. The minimum Gasteiger partial charge on any atom is -0.429 e. The summed E-state index contributed by atoms with van der Waals surface area (Å²) in [6.07, 6.45) is 4.74. The summed E-state index contributed by atoms with van der Waals surface area (Å²) in [5, 5.41) is 4.24. The van der Waals surface area contributed by atoms with Crippen molar-refractivity contribution in [2.75, 3.05) is 0 Å². The van der Waals surface area contributed by atoms with Crippen molar-refractivity contribution in [1.29, 1.82) is 0 Å². The molecule has 168 valence electrons. The second-order valence-corrected chi connectivity index (χ2v) is 10.6. The van der Waals surface area contributed by atoms with E-state index in [0.717, 1.165) is 51.4 Å². The van der Waals surface area contributed by atoms with Gasteiger partial charge >= 0.3 is 12.3 Å². The van der Waals surface area contributed by atoms with Crippen molar-refractivity contribution in [2.45, 2.75) is 105 Å². The molecule has 7 heteroatoms. The van der Waals surface area contributed by atoms with E-state index in [1.54, 1.807) is 0 Å². The molecular weight excluding hydrogens is 376 g/mol. The second kappa shape index (κ2) is 10.0. The molecule has 0 aliphatic heterocycles. The Kier molecular flexibility index (Phi) is 8.20. The van der Waals surface area contributed by atoms with Crippen LogP contribution in [0.5, 0.6) is 0 Å². The predicted molar refractivity (Wildman–Crippen MR) is 107 cm³/mol. The monoisotopic (exact) mass is 414 g/mol. The van der Waals surface area contributed by atoms with Crippen LogP contribution >= 0.6 is 0 Å². The van der Waals surface area contributed by atoms with Crippen LogP contribution in [-0.4, -0.2) is 24.5 Å². The molecule has 0 radical (unpaired) electrons. The van der Waals surface area contributed by atoms with Crippen LogP contribution in [0, 0.1) is 22.7 Å². The summed E-state index contributed by atoms with van der Waals surface area (Å²) in [5.41, 5.74) is 0.517. The third-order valence-electron chi connectivity index (χ3n) is 6.53. The van der Waals surface area contributed by atoms with E-state index >= 15 is 0 Å². The highest BCUT2D eigenvalue weighted by molar-refractivity contribution is 5.60. The topological polar surface area (TPSA) is 80.3 Å². The molecule has 29 heavy (non-hydrogen) atoms. The first-order valence-corrected chi connectivity index (χ1v) is 10.9. The van der Waals surface area contributed by atoms with Gasteiger partial charge < -0.3 is 9.47 Å². The average Bonchev–Trinajstić information content (AvgIpc) is 2.61. The first-order valence-electron chi connectivity index (χ1n) is 10.9. The van der Waals surface area contributed by atoms with Gasteiger partial charge in [0.1, 0.15) is 12.2 Å². The van der Waals surface area contributed by atoms with Crippen molar-refractivity contribution in [3.63, 3.8) is 0 Å². The zero-order valence-corrected chi connectivity index (χ0v) is 18.8. The van der Waals surface area contributed by atoms with Gasteiger partial charge in [-0.15, -0.1) is 0 Å². The summed E-state index contributed by atoms with van der Waals surface area (Å²) in [4.78, 5) is 32.1. The maximum absolute atomic E-state index is 11.7. The predicted octanol–water partition coefficient (Wildman–Crippen LogP) is 6.35. The largest absolute Gasteiger partial charge is 0.543 e. The standard InChI is InChI=1S/C22H38O7/c1-21(2,3)15-7-11-17(12-8-15)25-19(23)27-29-28-20(24)26-18-13-9-16(10-14-18)22(4,5)6/h15-18H,7-14H2,1-6H3. The SMILES string of the molecule is CC(C)(C)C1CCC(OC(=O)OOOC(=O)OC2CCC(C(C)(C)C)CC2)CC1. The first-order chi connectivity index (χ1) is 13.4. The molecule has 0 atom stereocenters. The Morgan fingerprint density at radius 3 is 1.17 bits per heavy atom. The van der Waals surface area contributed by atoms with Gasteiger partial charge in [0.05, 0.1) is 5.04 Å². The van der Waals surface area contributed by atoms with Gasteiger partial charge in [0, 0.05) is 0 Å². The molecule has 0 unspecified atom stereocenters. The van der Waals surface area contributed by atoms with Crippen LogP contribution in [0.3, 0.4) is 0 Å². The summed E-state index contributed by atoms with van der Waals surface area (Å²) >= 11 is 0. The fraction of sp³-hybridized carbons (Fsp3) is 0.909. The Morgan fingerprint density at radius 1 is 0.586 bits per heavy atom. The van der Waals surface area contributed by atoms with Crippen molar-refractivity contribution in [3.05, 3.63) is 0 Å². The molecule has 0 saturated heterocycles. The summed E-state index contributed by atoms with van der Waals surface area (Å²) in [6.45, 7) is 13.4. The third-order valence-corrected chi connectivity index (χ3v) is 6.53. The van der Waals surface area contributed by atoms with Crippen LogP contribution in [0.25, 0.3) is 0 Å². The van der Waals surface area contributed by atoms with E-state index in [1.807, 2.05) is 0 Å². The van der Waals surface area contributed by atoms with Gasteiger partial charge in [-0.25, -0.2) is 19.4 Å². The smallest absolute Gasteiger partial charge is 0.429 e. The van der Waals surface area contributed by atoms with Crippen molar-refractivity contribution in [1.82, 2.24) is 0 Å². The van der Waals surface area contributed by atoms with Gasteiger partial charge in [-0.1, -0.05) is 41.5 Å². The lowest BCUT2D eigenvalue weighted by Crippen LogP contribution is -2.31. The van der Waals surface area contributed by atoms with Crippen LogP contribution in [0.4, 0.5) is 9.59 Å². The second-order valence-electron chi connectivity index (χ2n) is 10.6. The zero-order chi connectivity index (χ0) is 21.7. The molecule has 0 spiro atoms. The number of hydrogen-bond acceptors (Lipinski definition) is 7. The summed E-state index contributed by atoms with van der Waals surface area (Å²) in [7, 11) is 0. The van der Waals surface area contributed by atoms with Crippen molar-refractivity contribution in [2.24, 2.45) is 22.7 Å². The number of hydrogen-bond donors (Lipinski definition) is 0. The van der Waals surface area contributed by atoms with E-state index in [1.165, 1.54) is 0 Å². The third kappa shape index (κ3) is 8.03. The van der Waals surface area contributed by atoms with Crippen LogP contribution in [0.15, 0.2) is 0 Å². The molecule has 2 aliphatic carbocycles. The fourth-order valence-electron chi connectivity index (χ4n) is 4.48. The fourth-order valence-corrected chi connectivity index (χ4v) is 4.48. The van der Waals surface area contributed by atoms with Crippen LogP contribution in [0.2, 0.25) is 0 Å². The summed E-state index contributed by atoms with van der Waals surface area (Å²) in [5.74, 6) is 1.23. The highest BCUT2D eigenvalue weighted by Gasteiger charge is 2.33. The van der Waals surface area contributed by atoms with Crippen LogP contribution in [-0.2, 0) is 24.3 Å². The van der Waals surface area contributed by atoms with E-state index in [-0.39, 0.29) is 23.0 Å². The van der Waals surface area contributed by atoms with Gasteiger partial charge in [0.2, 0.25) is 0 Å². The Hall–Kier alpha value is -1.50. The van der Waals surface area contributed by atoms with Crippen molar-refractivity contribution < 1.29 is 33.9 Å². The van der Waals surface area contributed by atoms with Gasteiger partial charge in [0.25, 0.3) is 0 Å². The van der Waals surface area contributed by atoms with Gasteiger partial charge in [-0.3, -0.25) is 0 Å². The van der Waals surface area contributed by atoms with Crippen molar-refractivity contribution in [3.8, 4) is 0 Å². The summed E-state index contributed by atoms with van der Waals surface area (Å²) < 4.78 is 10.4. The number of carbonyl (C=O) groups is 2. The first kappa shape index (κ1) is 23.8. The Labute approximate surface area is 174 Å². The molecule has 2 rings (SSSR count). The number of rotatable bonds is 4. The quantitative estimate of drug-likeness (QED) is 0.301. The van der Waals surface area contributed by atoms with Crippen LogP contribution < -0.4 is 0 Å². The van der Waals surface area contributed by atoms with Gasteiger partial charge in [0.15, 0.2) is 0 Å². The lowest BCUT2D eigenvalue weighted by atomic mass is 9.72. The van der Waals surface area contributed by atoms with Crippen LogP contribution in [0.1, 0.15) is 92.9 Å². The maximum Gasteiger partial charge on any atom is 0.543 e. The molecule has 0 aromatic carbocycles. The Balaban J connectivity index is 1.57. The molecule has 0 bridgehead atoms. The molecule has 7 nitrogen and oxygen atoms in total. The minimum atomic E-state index is -1.01. The van der Waals surface area contributed by atoms with Gasteiger partial charge in [-0.2, -0.15) is 0 Å². The molecule has 2 saturated carbocycles. The maximum atomic E-state index is 11.7. The van der Waals surface area contributed by atoms with Gasteiger partial charge in [-0.05, 0) is 74.0 Å². The molecule has 2 fully saturated rings. The highest BCUT2D eigenvalue weighted by atomic mass is 17.5. The molecular formula is C22H38O7. The minimum absolute atomic E-state index is 0.199. The molecule has 2 aliphatic rings. The molecule has 0 aromatic heterocycles. The molecule has 0 amide bonds. The zero-order valence-electron chi connectivity index (χ0n) is 18.8. The van der Waals surface area contributed by atoms with E-state index in [0.29, 0.717) is 11.8 Å². The molecule has 0 N–H and O–H groups in total. The summed E-state index contributed by atoms with van der Waals surface area (Å²) in [6, 6.07) is 0. The Bertz CT molecular complexity index is 482. The Morgan fingerprint density at radius 2 is 0.897 bits per heavy atom. The molecule has 0 heterocycles. The lowest BCUT2D eigenvalue weighted by molar-refractivity contribution is -0.459. The van der Waals surface area contributed by atoms with E-state index in [9.17, 15) is 9.59 Å². The van der Waals surface area contributed by atoms with Crippen molar-refractivity contribution >= 4 is 12.3 Å². The van der Waals surface area contributed by atoms with E-state index in [2.05, 4.69) is 56.4 Å². The average molecular weight is 415 g/mol. The number of ether oxygens (including phenoxy) is 2. The normalized spacial score (nSPS) is 28.3. The molecule has 0 aromatic rings. The highest BCUT2D eigenvalue weighted by Crippen LogP contribution is 2.39.